The molecule has 5 heterocycles. The van der Waals surface area contributed by atoms with Gasteiger partial charge in [0, 0.05) is 36.9 Å². The molecule has 1 aliphatic heterocycles. The van der Waals surface area contributed by atoms with Gasteiger partial charge in [-0.15, -0.1) is 0 Å². The predicted molar refractivity (Wildman–Crippen MR) is 155 cm³/mol. The summed E-state index contributed by atoms with van der Waals surface area (Å²) in [6.45, 7) is 0.807. The third kappa shape index (κ3) is 5.44. The molecular formula is C31H33F3N8O3. The van der Waals surface area contributed by atoms with Gasteiger partial charge in [0.25, 0.3) is 0 Å². The van der Waals surface area contributed by atoms with Gasteiger partial charge in [-0.1, -0.05) is 0 Å². The summed E-state index contributed by atoms with van der Waals surface area (Å²) < 4.78 is 54.4. The Kier molecular flexibility index (Phi) is 7.74. The lowest BCUT2D eigenvalue weighted by Gasteiger charge is -2.43. The maximum Gasteiger partial charge on any atom is 0.387 e. The molecule has 7 rings (SSSR count). The number of nitrogens with zero attached hydrogens (tertiary/aromatic N) is 7. The third-order valence-electron chi connectivity index (χ3n) is 9.56. The topological polar surface area (TPSA) is 126 Å². The van der Waals surface area contributed by atoms with Gasteiger partial charge in [0.15, 0.2) is 29.3 Å². The smallest absolute Gasteiger partial charge is 0.387 e. The van der Waals surface area contributed by atoms with Crippen LogP contribution >= 0.6 is 0 Å². The molecule has 0 radical (unpaired) electrons. The maximum atomic E-state index is 13.5. The molecule has 0 aromatic carbocycles. The van der Waals surface area contributed by atoms with Gasteiger partial charge < -0.3 is 19.9 Å². The van der Waals surface area contributed by atoms with E-state index in [-0.39, 0.29) is 28.8 Å². The van der Waals surface area contributed by atoms with Crippen molar-refractivity contribution in [2.24, 2.45) is 11.8 Å². The van der Waals surface area contributed by atoms with Crippen LogP contribution in [0.4, 0.5) is 13.2 Å². The Morgan fingerprint density at radius 1 is 1.13 bits per heavy atom. The first-order valence-corrected chi connectivity index (χ1v) is 15.1. The quantitative estimate of drug-likeness (QED) is 0.209. The molecule has 3 unspecified atom stereocenters. The largest absolute Gasteiger partial charge is 0.479 e. The molecule has 0 amide bonds. The van der Waals surface area contributed by atoms with Crippen LogP contribution in [0.25, 0.3) is 16.8 Å². The Bertz CT molecular complexity index is 1720. The second-order valence-corrected chi connectivity index (χ2v) is 12.1. The van der Waals surface area contributed by atoms with E-state index in [1.54, 1.807) is 12.3 Å². The number of aliphatic hydroxyl groups is 1. The van der Waals surface area contributed by atoms with E-state index >= 15 is 0 Å². The molecule has 2 bridgehead atoms. The van der Waals surface area contributed by atoms with Gasteiger partial charge in [0.1, 0.15) is 5.82 Å². The Morgan fingerprint density at radius 2 is 1.93 bits per heavy atom. The summed E-state index contributed by atoms with van der Waals surface area (Å²) in [6.07, 6.45) is 9.40. The molecule has 4 aromatic rings. The van der Waals surface area contributed by atoms with Gasteiger partial charge in [-0.3, -0.25) is 14.6 Å². The number of halogens is 3. The van der Waals surface area contributed by atoms with Gasteiger partial charge in [-0.25, -0.2) is 8.91 Å². The number of alkyl halides is 2. The number of fused-ring (bicyclic) bond motifs is 4. The number of rotatable bonds is 9. The minimum atomic E-state index is -3.09. The Labute approximate surface area is 257 Å². The molecular weight excluding hydrogens is 589 g/mol. The van der Waals surface area contributed by atoms with Crippen molar-refractivity contribution in [1.29, 1.82) is 5.26 Å². The fourth-order valence-electron chi connectivity index (χ4n) is 7.68. The van der Waals surface area contributed by atoms with Crippen molar-refractivity contribution in [3.8, 4) is 28.9 Å². The molecule has 2 fully saturated rings. The molecule has 3 atom stereocenters. The van der Waals surface area contributed by atoms with Gasteiger partial charge in [-0.2, -0.15) is 24.2 Å². The van der Waals surface area contributed by atoms with Crippen LogP contribution in [-0.4, -0.2) is 66.2 Å². The summed E-state index contributed by atoms with van der Waals surface area (Å²) in [5, 5.41) is 31.5. The van der Waals surface area contributed by atoms with Crippen LogP contribution in [0.5, 0.6) is 11.5 Å². The summed E-state index contributed by atoms with van der Waals surface area (Å²) in [6, 6.07) is 5.01. The molecule has 11 nitrogen and oxygen atoms in total. The van der Waals surface area contributed by atoms with Gasteiger partial charge in [-0.05, 0) is 68.2 Å². The third-order valence-corrected chi connectivity index (χ3v) is 9.56. The fourth-order valence-corrected chi connectivity index (χ4v) is 7.68. The van der Waals surface area contributed by atoms with Crippen molar-refractivity contribution in [2.45, 2.75) is 70.5 Å². The highest BCUT2D eigenvalue weighted by molar-refractivity contribution is 5.75. The van der Waals surface area contributed by atoms with Crippen molar-refractivity contribution >= 4 is 5.52 Å². The monoisotopic (exact) mass is 622 g/mol. The average Bonchev–Trinajstić information content (AvgIpc) is 3.67. The van der Waals surface area contributed by atoms with Crippen molar-refractivity contribution in [3.05, 3.63) is 59.6 Å². The number of aromatic nitrogens is 5. The SMILES string of the molecule is Cc1c(-c2cc(OC(CO)c3ccc(F)cn3)c3c(OC(F)F)cnn3c2)nn2c1CN(C1C3CCC1CC(NC#N)C3)CC2. The second-order valence-electron chi connectivity index (χ2n) is 12.1. The molecule has 2 N–H and O–H groups in total. The number of nitrogens with one attached hydrogen (secondary N) is 1. The standard InChI is InChI=1S/C31H33F3N8O3/c1-17-24-14-40(29-18-2-3-19(29)9-22(8-18)37-16-35)6-7-41(24)39-28(17)20-10-25(30-26(45-31(33)34)12-38-42(30)13-20)44-27(15-43)23-5-4-21(32)11-36-23/h4-5,10-13,18-19,22,27,29,31,37,43H,2-3,6-9,14-15H2,1H3. The molecule has 236 valence electrons. The second kappa shape index (κ2) is 11.9. The van der Waals surface area contributed by atoms with Crippen molar-refractivity contribution in [2.75, 3.05) is 13.2 Å². The van der Waals surface area contributed by atoms with Crippen LogP contribution in [0.15, 0.2) is 36.8 Å². The summed E-state index contributed by atoms with van der Waals surface area (Å²) in [4.78, 5) is 6.61. The average molecular weight is 623 g/mol. The molecule has 14 heteroatoms. The lowest BCUT2D eigenvalue weighted by atomic mass is 9.80. The molecule has 0 saturated heterocycles. The highest BCUT2D eigenvalue weighted by Crippen LogP contribution is 2.46. The number of hydrogen-bond acceptors (Lipinski definition) is 9. The maximum absolute atomic E-state index is 13.5. The van der Waals surface area contributed by atoms with Crippen LogP contribution in [0.1, 0.15) is 48.7 Å². The summed E-state index contributed by atoms with van der Waals surface area (Å²) in [7, 11) is 0. The first-order chi connectivity index (χ1) is 21.8. The van der Waals surface area contributed by atoms with Crippen LogP contribution < -0.4 is 14.8 Å². The van der Waals surface area contributed by atoms with Gasteiger partial charge in [0.2, 0.25) is 0 Å². The lowest BCUT2D eigenvalue weighted by Crippen LogP contribution is -2.51. The van der Waals surface area contributed by atoms with Crippen LogP contribution in [0, 0.1) is 36.0 Å². The molecule has 4 aromatic heterocycles. The fraction of sp³-hybridized carbons (Fsp3) is 0.484. The molecule has 0 spiro atoms. The minimum Gasteiger partial charge on any atom is -0.479 e. The summed E-state index contributed by atoms with van der Waals surface area (Å²) >= 11 is 0. The zero-order valence-electron chi connectivity index (χ0n) is 24.6. The zero-order chi connectivity index (χ0) is 31.2. The van der Waals surface area contributed by atoms with E-state index in [1.165, 1.54) is 35.7 Å². The molecule has 3 aliphatic rings. The van der Waals surface area contributed by atoms with Crippen LogP contribution in [0.2, 0.25) is 0 Å². The summed E-state index contributed by atoms with van der Waals surface area (Å²) in [5.41, 5.74) is 3.86. The first-order valence-electron chi connectivity index (χ1n) is 15.1. The highest BCUT2D eigenvalue weighted by Gasteiger charge is 2.46. The number of hydrogen-bond donors (Lipinski definition) is 2. The van der Waals surface area contributed by atoms with Crippen LogP contribution in [0.3, 0.4) is 0 Å². The predicted octanol–water partition coefficient (Wildman–Crippen LogP) is 4.20. The van der Waals surface area contributed by atoms with Gasteiger partial charge >= 0.3 is 6.61 Å². The Morgan fingerprint density at radius 3 is 2.62 bits per heavy atom. The van der Waals surface area contributed by atoms with E-state index in [1.807, 2.05) is 11.6 Å². The normalized spacial score (nSPS) is 23.6. The molecule has 2 aliphatic carbocycles. The molecule has 2 saturated carbocycles. The molecule has 45 heavy (non-hydrogen) atoms. The highest BCUT2D eigenvalue weighted by atomic mass is 19.3. The Balaban J connectivity index is 1.21. The van der Waals surface area contributed by atoms with E-state index in [2.05, 4.69) is 26.5 Å². The number of nitriles is 1. The lowest BCUT2D eigenvalue weighted by molar-refractivity contribution is -0.0489. The van der Waals surface area contributed by atoms with Crippen LogP contribution in [-0.2, 0) is 13.1 Å². The van der Waals surface area contributed by atoms with E-state index in [4.69, 9.17) is 19.8 Å². The van der Waals surface area contributed by atoms with Crippen molar-refractivity contribution in [1.82, 2.24) is 34.6 Å². The zero-order valence-corrected chi connectivity index (χ0v) is 24.6. The van der Waals surface area contributed by atoms with E-state index < -0.39 is 25.1 Å². The van der Waals surface area contributed by atoms with Gasteiger partial charge in [0.05, 0.1) is 42.6 Å². The number of pyridine rings is 2. The van der Waals surface area contributed by atoms with E-state index in [0.29, 0.717) is 29.1 Å². The minimum absolute atomic E-state index is 0.122. The van der Waals surface area contributed by atoms with Crippen molar-refractivity contribution < 1.29 is 27.8 Å². The van der Waals surface area contributed by atoms with Crippen molar-refractivity contribution in [3.63, 3.8) is 0 Å². The Hall–Kier alpha value is -4.35. The van der Waals surface area contributed by atoms with E-state index in [9.17, 15) is 18.3 Å². The number of aliphatic hydroxyl groups excluding tert-OH is 1. The first kappa shape index (κ1) is 29.4. The van der Waals surface area contributed by atoms with E-state index in [0.717, 1.165) is 49.9 Å². The number of ether oxygens (including phenoxy) is 2. The summed E-state index contributed by atoms with van der Waals surface area (Å²) in [5.74, 6) is 0.506.